The average molecular weight is 444 g/mol. The molecule has 3 rings (SSSR count). The lowest BCUT2D eigenvalue weighted by atomic mass is 10.2. The van der Waals surface area contributed by atoms with Crippen molar-refractivity contribution >= 4 is 17.7 Å². The highest BCUT2D eigenvalue weighted by atomic mass is 16.5. The SMILES string of the molecule is CCOc1ccc(Oc2ccc(NC(=O)/C=C/c3ccc(OCC#N)c(OC)c3)cc2)cc1. The van der Waals surface area contributed by atoms with Crippen molar-refractivity contribution in [1.82, 2.24) is 0 Å². The maximum Gasteiger partial charge on any atom is 0.248 e. The molecule has 1 N–H and O–H groups in total. The van der Waals surface area contributed by atoms with Crippen molar-refractivity contribution in [1.29, 1.82) is 5.26 Å². The van der Waals surface area contributed by atoms with Crippen LogP contribution < -0.4 is 24.3 Å². The van der Waals surface area contributed by atoms with E-state index in [-0.39, 0.29) is 12.5 Å². The first kappa shape index (κ1) is 23.2. The highest BCUT2D eigenvalue weighted by molar-refractivity contribution is 6.02. The predicted molar refractivity (Wildman–Crippen MR) is 126 cm³/mol. The van der Waals surface area contributed by atoms with Gasteiger partial charge in [-0.25, -0.2) is 0 Å². The summed E-state index contributed by atoms with van der Waals surface area (Å²) < 4.78 is 21.8. The summed E-state index contributed by atoms with van der Waals surface area (Å²) >= 11 is 0. The minimum Gasteiger partial charge on any atom is -0.494 e. The van der Waals surface area contributed by atoms with E-state index in [4.69, 9.17) is 24.2 Å². The number of nitrogens with zero attached hydrogens (tertiary/aromatic N) is 1. The van der Waals surface area contributed by atoms with E-state index in [1.807, 2.05) is 37.3 Å². The maximum atomic E-state index is 12.3. The van der Waals surface area contributed by atoms with E-state index in [1.54, 1.807) is 48.5 Å². The molecule has 3 aromatic rings. The van der Waals surface area contributed by atoms with Gasteiger partial charge in [0.2, 0.25) is 5.91 Å². The number of ether oxygens (including phenoxy) is 4. The molecule has 0 saturated heterocycles. The zero-order valence-corrected chi connectivity index (χ0v) is 18.4. The third-order valence-electron chi connectivity index (χ3n) is 4.40. The Kier molecular flexibility index (Phi) is 8.32. The molecule has 0 aliphatic heterocycles. The molecule has 0 aliphatic rings. The summed E-state index contributed by atoms with van der Waals surface area (Å²) in [6, 6.07) is 21.6. The van der Waals surface area contributed by atoms with Crippen LogP contribution in [0.3, 0.4) is 0 Å². The number of hydrogen-bond acceptors (Lipinski definition) is 6. The summed E-state index contributed by atoms with van der Waals surface area (Å²) in [6.07, 6.45) is 3.09. The summed E-state index contributed by atoms with van der Waals surface area (Å²) in [5.41, 5.74) is 1.40. The van der Waals surface area contributed by atoms with Crippen LogP contribution in [-0.2, 0) is 4.79 Å². The van der Waals surface area contributed by atoms with Crippen molar-refractivity contribution in [3.05, 3.63) is 78.4 Å². The van der Waals surface area contributed by atoms with E-state index < -0.39 is 0 Å². The second-order valence-electron chi connectivity index (χ2n) is 6.71. The van der Waals surface area contributed by atoms with Crippen LogP contribution in [0.5, 0.6) is 28.7 Å². The molecule has 0 aliphatic carbocycles. The Labute approximate surface area is 192 Å². The molecule has 168 valence electrons. The molecule has 0 atom stereocenters. The van der Waals surface area contributed by atoms with E-state index in [0.717, 1.165) is 11.3 Å². The van der Waals surface area contributed by atoms with Crippen LogP contribution >= 0.6 is 0 Å². The second-order valence-corrected chi connectivity index (χ2v) is 6.71. The van der Waals surface area contributed by atoms with Gasteiger partial charge in [-0.05, 0) is 79.2 Å². The highest BCUT2D eigenvalue weighted by Gasteiger charge is 2.05. The van der Waals surface area contributed by atoms with E-state index in [2.05, 4.69) is 5.32 Å². The van der Waals surface area contributed by atoms with Crippen LogP contribution in [0, 0.1) is 11.3 Å². The van der Waals surface area contributed by atoms with Crippen molar-refractivity contribution < 1.29 is 23.7 Å². The van der Waals surface area contributed by atoms with Crippen LogP contribution in [0.2, 0.25) is 0 Å². The summed E-state index contributed by atoms with van der Waals surface area (Å²) in [5.74, 6) is 2.80. The van der Waals surface area contributed by atoms with E-state index in [9.17, 15) is 4.79 Å². The molecular weight excluding hydrogens is 420 g/mol. The first-order valence-electron chi connectivity index (χ1n) is 10.3. The second kappa shape index (κ2) is 11.8. The van der Waals surface area contributed by atoms with Gasteiger partial charge in [0.1, 0.15) is 23.3 Å². The van der Waals surface area contributed by atoms with Gasteiger partial charge in [-0.2, -0.15) is 5.26 Å². The molecule has 0 fully saturated rings. The molecule has 0 saturated carbocycles. The lowest BCUT2D eigenvalue weighted by Crippen LogP contribution is -2.07. The van der Waals surface area contributed by atoms with E-state index in [0.29, 0.717) is 35.3 Å². The Morgan fingerprint density at radius 2 is 1.61 bits per heavy atom. The zero-order valence-electron chi connectivity index (χ0n) is 18.4. The molecule has 7 heteroatoms. The van der Waals surface area contributed by atoms with Crippen LogP contribution in [0.1, 0.15) is 12.5 Å². The van der Waals surface area contributed by atoms with Crippen molar-refractivity contribution in [3.8, 4) is 34.8 Å². The minimum atomic E-state index is -0.279. The predicted octanol–water partition coefficient (Wildman–Crippen LogP) is 5.44. The van der Waals surface area contributed by atoms with Gasteiger partial charge < -0.3 is 24.3 Å². The Morgan fingerprint density at radius 3 is 2.24 bits per heavy atom. The number of nitrogens with one attached hydrogen (secondary N) is 1. The van der Waals surface area contributed by atoms with Crippen LogP contribution in [-0.4, -0.2) is 26.2 Å². The van der Waals surface area contributed by atoms with Gasteiger partial charge in [-0.3, -0.25) is 4.79 Å². The lowest BCUT2D eigenvalue weighted by molar-refractivity contribution is -0.111. The molecule has 0 radical (unpaired) electrons. The topological polar surface area (TPSA) is 89.8 Å². The largest absolute Gasteiger partial charge is 0.494 e. The van der Waals surface area contributed by atoms with Crippen LogP contribution in [0.15, 0.2) is 72.8 Å². The summed E-state index contributed by atoms with van der Waals surface area (Å²) in [7, 11) is 1.51. The number of rotatable bonds is 10. The van der Waals surface area contributed by atoms with Crippen molar-refractivity contribution in [2.75, 3.05) is 25.6 Å². The first-order valence-corrected chi connectivity index (χ1v) is 10.3. The highest BCUT2D eigenvalue weighted by Crippen LogP contribution is 2.28. The van der Waals surface area contributed by atoms with Gasteiger partial charge in [-0.1, -0.05) is 6.07 Å². The molecular formula is C26H24N2O5. The van der Waals surface area contributed by atoms with Gasteiger partial charge >= 0.3 is 0 Å². The fraction of sp³-hybridized carbons (Fsp3) is 0.154. The maximum absolute atomic E-state index is 12.3. The number of hydrogen-bond donors (Lipinski definition) is 1. The molecule has 0 aromatic heterocycles. The normalized spacial score (nSPS) is 10.3. The standard InChI is InChI=1S/C26H24N2O5/c1-3-31-21-10-12-23(13-11-21)33-22-8-6-20(7-9-22)28-26(29)15-5-19-4-14-24(32-17-16-27)25(18-19)30-2/h4-15,18H,3,17H2,1-2H3,(H,28,29)/b15-5+. The Balaban J connectivity index is 1.56. The molecule has 0 bridgehead atoms. The average Bonchev–Trinajstić information content (AvgIpc) is 2.84. The fourth-order valence-corrected chi connectivity index (χ4v) is 2.89. The number of nitriles is 1. The number of amides is 1. The number of anilines is 1. The molecule has 1 amide bonds. The molecule has 3 aromatic carbocycles. The Hall–Kier alpha value is -4.44. The number of carbonyl (C=O) groups is 1. The monoisotopic (exact) mass is 444 g/mol. The van der Waals surface area contributed by atoms with Gasteiger partial charge in [0, 0.05) is 11.8 Å². The minimum absolute atomic E-state index is 0.0714. The smallest absolute Gasteiger partial charge is 0.248 e. The molecule has 0 heterocycles. The molecule has 7 nitrogen and oxygen atoms in total. The van der Waals surface area contributed by atoms with Gasteiger partial charge in [0.05, 0.1) is 13.7 Å². The molecule has 33 heavy (non-hydrogen) atoms. The lowest BCUT2D eigenvalue weighted by Gasteiger charge is -2.09. The number of benzene rings is 3. The van der Waals surface area contributed by atoms with Gasteiger partial charge in [-0.15, -0.1) is 0 Å². The summed E-state index contributed by atoms with van der Waals surface area (Å²) in [5, 5.41) is 11.4. The zero-order chi connectivity index (χ0) is 23.5. The molecule has 0 unspecified atom stereocenters. The number of methoxy groups -OCH3 is 1. The fourth-order valence-electron chi connectivity index (χ4n) is 2.89. The van der Waals surface area contributed by atoms with Crippen molar-refractivity contribution in [2.24, 2.45) is 0 Å². The molecule has 0 spiro atoms. The third-order valence-corrected chi connectivity index (χ3v) is 4.40. The summed E-state index contributed by atoms with van der Waals surface area (Å²) in [6.45, 7) is 2.48. The van der Waals surface area contributed by atoms with Crippen molar-refractivity contribution in [3.63, 3.8) is 0 Å². The quantitative estimate of drug-likeness (QED) is 0.419. The van der Waals surface area contributed by atoms with E-state index in [1.165, 1.54) is 13.2 Å². The Morgan fingerprint density at radius 1 is 0.939 bits per heavy atom. The summed E-state index contributed by atoms with van der Waals surface area (Å²) in [4.78, 5) is 12.3. The van der Waals surface area contributed by atoms with Gasteiger partial charge in [0.15, 0.2) is 18.1 Å². The van der Waals surface area contributed by atoms with Crippen LogP contribution in [0.4, 0.5) is 5.69 Å². The first-order chi connectivity index (χ1) is 16.1. The van der Waals surface area contributed by atoms with Crippen molar-refractivity contribution in [2.45, 2.75) is 6.92 Å². The van der Waals surface area contributed by atoms with Gasteiger partial charge in [0.25, 0.3) is 0 Å². The third kappa shape index (κ3) is 7.04. The van der Waals surface area contributed by atoms with E-state index >= 15 is 0 Å². The van der Waals surface area contributed by atoms with Crippen LogP contribution in [0.25, 0.3) is 6.08 Å². The number of carbonyl (C=O) groups excluding carboxylic acids is 1. The Bertz CT molecular complexity index is 1130.